The molecule has 18 heavy (non-hydrogen) atoms. The summed E-state index contributed by atoms with van der Waals surface area (Å²) in [5, 5.41) is 3.60. The maximum Gasteiger partial charge on any atom is 0.00924 e. The molecule has 0 aromatic rings. The van der Waals surface area contributed by atoms with Crippen LogP contribution in [0.4, 0.5) is 0 Å². The molecule has 0 aliphatic heterocycles. The Kier molecular flexibility index (Phi) is 5.97. The first-order valence-corrected chi connectivity index (χ1v) is 8.23. The lowest BCUT2D eigenvalue weighted by atomic mass is 9.84. The highest BCUT2D eigenvalue weighted by atomic mass is 15.1. The van der Waals surface area contributed by atoms with Crippen molar-refractivity contribution in [3.63, 3.8) is 0 Å². The Morgan fingerprint density at radius 3 is 2.33 bits per heavy atom. The monoisotopic (exact) mass is 252 g/mol. The van der Waals surface area contributed by atoms with Gasteiger partial charge in [0.05, 0.1) is 0 Å². The van der Waals surface area contributed by atoms with Gasteiger partial charge in [-0.15, -0.1) is 0 Å². The summed E-state index contributed by atoms with van der Waals surface area (Å²) < 4.78 is 0. The van der Waals surface area contributed by atoms with Crippen LogP contribution in [-0.2, 0) is 0 Å². The summed E-state index contributed by atoms with van der Waals surface area (Å²) in [6, 6.07) is 1.76. The largest absolute Gasteiger partial charge is 0.314 e. The van der Waals surface area contributed by atoms with Gasteiger partial charge in [-0.05, 0) is 77.4 Å². The molecule has 0 radical (unpaired) electrons. The molecule has 1 N–H and O–H groups in total. The lowest BCUT2D eigenvalue weighted by Crippen LogP contribution is -2.36. The first-order valence-electron chi connectivity index (χ1n) is 8.23. The van der Waals surface area contributed by atoms with Crippen molar-refractivity contribution < 1.29 is 0 Å². The number of rotatable bonds is 8. The van der Waals surface area contributed by atoms with Gasteiger partial charge in [0.15, 0.2) is 0 Å². The Labute approximate surface area is 114 Å². The number of hydrogen-bond donors (Lipinski definition) is 1. The fourth-order valence-electron chi connectivity index (χ4n) is 3.26. The van der Waals surface area contributed by atoms with Gasteiger partial charge in [-0.2, -0.15) is 0 Å². The van der Waals surface area contributed by atoms with Gasteiger partial charge in [-0.1, -0.05) is 13.3 Å². The minimum Gasteiger partial charge on any atom is -0.314 e. The molecule has 2 aliphatic rings. The molecule has 0 amide bonds. The number of nitrogens with zero attached hydrogens (tertiary/aromatic N) is 1. The minimum atomic E-state index is 0.879. The highest BCUT2D eigenvalue weighted by molar-refractivity contribution is 4.81. The molecule has 0 bridgehead atoms. The van der Waals surface area contributed by atoms with Crippen molar-refractivity contribution in [1.29, 1.82) is 0 Å². The molecule has 0 unspecified atom stereocenters. The van der Waals surface area contributed by atoms with E-state index in [4.69, 9.17) is 0 Å². The number of hydrogen-bond acceptors (Lipinski definition) is 2. The van der Waals surface area contributed by atoms with Crippen LogP contribution in [0.2, 0.25) is 0 Å². The predicted octanol–water partition coefficient (Wildman–Crippen LogP) is 3.42. The second-order valence-corrected chi connectivity index (χ2v) is 6.50. The zero-order valence-corrected chi connectivity index (χ0v) is 12.5. The molecular weight excluding hydrogens is 220 g/mol. The Morgan fingerprint density at radius 2 is 1.72 bits per heavy atom. The Balaban J connectivity index is 1.49. The summed E-state index contributed by atoms with van der Waals surface area (Å²) in [5.74, 6) is 1.03. The van der Waals surface area contributed by atoms with E-state index in [9.17, 15) is 0 Å². The molecule has 0 aromatic heterocycles. The van der Waals surface area contributed by atoms with Crippen LogP contribution in [0.3, 0.4) is 0 Å². The third-order valence-corrected chi connectivity index (χ3v) is 4.96. The molecule has 0 heterocycles. The summed E-state index contributed by atoms with van der Waals surface area (Å²) in [6.07, 6.45) is 12.8. The molecule has 0 aromatic carbocycles. The zero-order chi connectivity index (χ0) is 12.8. The second kappa shape index (κ2) is 7.49. The van der Waals surface area contributed by atoms with E-state index in [1.54, 1.807) is 0 Å². The van der Waals surface area contributed by atoms with Crippen molar-refractivity contribution in [2.24, 2.45) is 5.92 Å². The first-order chi connectivity index (χ1) is 8.79. The van der Waals surface area contributed by atoms with E-state index < -0.39 is 0 Å². The van der Waals surface area contributed by atoms with Gasteiger partial charge >= 0.3 is 0 Å². The van der Waals surface area contributed by atoms with Crippen LogP contribution < -0.4 is 5.32 Å². The summed E-state index contributed by atoms with van der Waals surface area (Å²) in [5.41, 5.74) is 0. The van der Waals surface area contributed by atoms with Crippen molar-refractivity contribution in [2.45, 2.75) is 76.8 Å². The number of nitrogens with one attached hydrogen (secondary N) is 1. The fourth-order valence-corrected chi connectivity index (χ4v) is 3.26. The maximum atomic E-state index is 3.60. The van der Waals surface area contributed by atoms with Crippen LogP contribution in [0.5, 0.6) is 0 Å². The van der Waals surface area contributed by atoms with Gasteiger partial charge in [-0.25, -0.2) is 0 Å². The SMILES string of the molecule is CCC1CCC(N(C)CCCCNC2CC2)CC1. The number of unbranched alkanes of at least 4 members (excludes halogenated alkanes) is 1. The van der Waals surface area contributed by atoms with Gasteiger partial charge in [0.1, 0.15) is 0 Å². The first kappa shape index (κ1) is 14.3. The fraction of sp³-hybridized carbons (Fsp3) is 1.00. The van der Waals surface area contributed by atoms with E-state index in [1.807, 2.05) is 0 Å². The Bertz CT molecular complexity index is 217. The minimum absolute atomic E-state index is 0.879. The van der Waals surface area contributed by atoms with Crippen LogP contribution in [0.25, 0.3) is 0 Å². The van der Waals surface area contributed by atoms with Crippen molar-refractivity contribution in [1.82, 2.24) is 10.2 Å². The average molecular weight is 252 g/mol. The third-order valence-electron chi connectivity index (χ3n) is 4.96. The van der Waals surface area contributed by atoms with Crippen molar-refractivity contribution in [3.8, 4) is 0 Å². The molecular formula is C16H32N2. The standard InChI is InChI=1S/C16H32N2/c1-3-14-6-10-16(11-7-14)18(2)13-5-4-12-17-15-8-9-15/h14-17H,3-13H2,1-2H3. The summed E-state index contributed by atoms with van der Waals surface area (Å²) >= 11 is 0. The van der Waals surface area contributed by atoms with Crippen LogP contribution in [0.15, 0.2) is 0 Å². The van der Waals surface area contributed by atoms with Crippen LogP contribution in [0, 0.1) is 5.92 Å². The molecule has 2 fully saturated rings. The van der Waals surface area contributed by atoms with Crippen LogP contribution >= 0.6 is 0 Å². The lowest BCUT2D eigenvalue weighted by Gasteiger charge is -2.34. The molecule has 2 heteroatoms. The van der Waals surface area contributed by atoms with Crippen molar-refractivity contribution in [3.05, 3.63) is 0 Å². The predicted molar refractivity (Wildman–Crippen MR) is 78.9 cm³/mol. The molecule has 106 valence electrons. The average Bonchev–Trinajstić information content (AvgIpc) is 3.22. The van der Waals surface area contributed by atoms with Gasteiger partial charge in [0.25, 0.3) is 0 Å². The lowest BCUT2D eigenvalue weighted by molar-refractivity contribution is 0.161. The Morgan fingerprint density at radius 1 is 1.00 bits per heavy atom. The van der Waals surface area contributed by atoms with E-state index in [0.29, 0.717) is 0 Å². The normalized spacial score (nSPS) is 28.8. The van der Waals surface area contributed by atoms with E-state index >= 15 is 0 Å². The summed E-state index contributed by atoms with van der Waals surface area (Å²) in [4.78, 5) is 2.63. The van der Waals surface area contributed by atoms with Crippen LogP contribution in [0.1, 0.15) is 64.7 Å². The highest BCUT2D eigenvalue weighted by Gasteiger charge is 2.22. The highest BCUT2D eigenvalue weighted by Crippen LogP contribution is 2.28. The smallest absolute Gasteiger partial charge is 0.00924 e. The zero-order valence-electron chi connectivity index (χ0n) is 12.5. The van der Waals surface area contributed by atoms with Gasteiger partial charge < -0.3 is 10.2 Å². The molecule has 2 saturated carbocycles. The molecule has 2 aliphatic carbocycles. The quantitative estimate of drug-likeness (QED) is 0.666. The summed E-state index contributed by atoms with van der Waals surface area (Å²) in [6.45, 7) is 4.89. The van der Waals surface area contributed by atoms with E-state index in [2.05, 4.69) is 24.2 Å². The summed E-state index contributed by atoms with van der Waals surface area (Å²) in [7, 11) is 2.34. The molecule has 0 spiro atoms. The molecule has 2 rings (SSSR count). The van der Waals surface area contributed by atoms with Gasteiger partial charge in [0, 0.05) is 12.1 Å². The van der Waals surface area contributed by atoms with Gasteiger partial charge in [0.2, 0.25) is 0 Å². The maximum absolute atomic E-state index is 3.60. The molecule has 0 saturated heterocycles. The van der Waals surface area contributed by atoms with Crippen molar-refractivity contribution >= 4 is 0 Å². The Hall–Kier alpha value is -0.0800. The molecule has 2 nitrogen and oxygen atoms in total. The molecule has 0 atom stereocenters. The van der Waals surface area contributed by atoms with E-state index in [1.165, 1.54) is 70.9 Å². The van der Waals surface area contributed by atoms with E-state index in [0.717, 1.165) is 18.0 Å². The van der Waals surface area contributed by atoms with Gasteiger partial charge in [-0.3, -0.25) is 0 Å². The van der Waals surface area contributed by atoms with E-state index in [-0.39, 0.29) is 0 Å². The topological polar surface area (TPSA) is 15.3 Å². The third kappa shape index (κ3) is 4.89. The van der Waals surface area contributed by atoms with Crippen LogP contribution in [-0.4, -0.2) is 37.1 Å². The second-order valence-electron chi connectivity index (χ2n) is 6.50. The van der Waals surface area contributed by atoms with Crippen molar-refractivity contribution in [2.75, 3.05) is 20.1 Å².